The van der Waals surface area contributed by atoms with Crippen molar-refractivity contribution in [3.05, 3.63) is 65.4 Å². The number of aromatic nitrogens is 3. The second-order valence-electron chi connectivity index (χ2n) is 8.10. The van der Waals surface area contributed by atoms with E-state index in [1.807, 2.05) is 47.2 Å². The van der Waals surface area contributed by atoms with Crippen molar-refractivity contribution >= 4 is 39.4 Å². The van der Waals surface area contributed by atoms with Crippen molar-refractivity contribution in [1.29, 1.82) is 0 Å². The van der Waals surface area contributed by atoms with Gasteiger partial charge < -0.3 is 20.5 Å². The van der Waals surface area contributed by atoms with E-state index in [1.165, 1.54) is 0 Å². The van der Waals surface area contributed by atoms with Crippen molar-refractivity contribution < 1.29 is 10.2 Å². The number of aryl methyl sites for hydroxylation is 1. The highest BCUT2D eigenvalue weighted by molar-refractivity contribution is 6.33. The first-order chi connectivity index (χ1) is 14.5. The third kappa shape index (κ3) is 3.31. The number of halogens is 1. The largest absolute Gasteiger partial charge is 0.390 e. The smallest absolute Gasteiger partial charge is 0.142 e. The second kappa shape index (κ2) is 7.54. The molecule has 4 aromatic rings. The molecule has 4 atom stereocenters. The number of hydrogen-bond acceptors (Lipinski definition) is 5. The lowest BCUT2D eigenvalue weighted by atomic mass is 9.95. The molecule has 1 aliphatic rings. The maximum Gasteiger partial charge on any atom is 0.142 e. The number of nitrogen functional groups attached to an aromatic ring is 1. The lowest BCUT2D eigenvalue weighted by Crippen LogP contribution is -2.29. The van der Waals surface area contributed by atoms with Gasteiger partial charge in [-0.15, -0.1) is 0 Å². The monoisotopic (exact) mass is 422 g/mol. The van der Waals surface area contributed by atoms with Crippen LogP contribution >= 0.6 is 11.6 Å². The first-order valence-electron chi connectivity index (χ1n) is 10.1. The highest BCUT2D eigenvalue weighted by Gasteiger charge is 2.42. The fraction of sp³-hybridized carbons (Fsp3) is 0.304. The summed E-state index contributed by atoms with van der Waals surface area (Å²) in [4.78, 5) is 8.81. The molecule has 0 saturated heterocycles. The van der Waals surface area contributed by atoms with Gasteiger partial charge in [-0.2, -0.15) is 0 Å². The highest BCUT2D eigenvalue weighted by Crippen LogP contribution is 2.39. The Morgan fingerprint density at radius 2 is 1.97 bits per heavy atom. The molecule has 0 spiro atoms. The van der Waals surface area contributed by atoms with Gasteiger partial charge >= 0.3 is 0 Å². The number of nitrogens with zero attached hydrogens (tertiary/aromatic N) is 3. The van der Waals surface area contributed by atoms with Crippen LogP contribution in [0.5, 0.6) is 0 Å². The number of aliphatic hydroxyl groups excluding tert-OH is 2. The van der Waals surface area contributed by atoms with Gasteiger partial charge in [-0.25, -0.2) is 9.97 Å². The van der Waals surface area contributed by atoms with Gasteiger partial charge in [0.1, 0.15) is 17.6 Å². The maximum atomic E-state index is 10.7. The van der Waals surface area contributed by atoms with Crippen LogP contribution in [0.4, 0.5) is 5.82 Å². The molecule has 5 rings (SSSR count). The molecule has 154 valence electrons. The Kier molecular flexibility index (Phi) is 4.85. The van der Waals surface area contributed by atoms with Crippen LogP contribution in [0.3, 0.4) is 0 Å². The predicted octanol–water partition coefficient (Wildman–Crippen LogP) is 3.74. The lowest BCUT2D eigenvalue weighted by Gasteiger charge is -2.19. The summed E-state index contributed by atoms with van der Waals surface area (Å²) in [7, 11) is 0. The topological polar surface area (TPSA) is 97.2 Å². The van der Waals surface area contributed by atoms with Crippen LogP contribution in [0, 0.1) is 5.92 Å². The highest BCUT2D eigenvalue weighted by atomic mass is 35.5. The van der Waals surface area contributed by atoms with Crippen molar-refractivity contribution in [2.75, 3.05) is 5.73 Å². The Labute approximate surface area is 178 Å². The quantitative estimate of drug-likeness (QED) is 0.465. The molecular weight excluding hydrogens is 400 g/mol. The number of pyridine rings is 2. The van der Waals surface area contributed by atoms with E-state index >= 15 is 0 Å². The van der Waals surface area contributed by atoms with Crippen LogP contribution in [0.25, 0.3) is 21.9 Å². The average Bonchev–Trinajstić information content (AvgIpc) is 3.29. The van der Waals surface area contributed by atoms with Crippen LogP contribution in [0.15, 0.2) is 54.9 Å². The second-order valence-corrected chi connectivity index (χ2v) is 8.51. The summed E-state index contributed by atoms with van der Waals surface area (Å²) >= 11 is 6.05. The molecule has 0 aliphatic heterocycles. The van der Waals surface area contributed by atoms with Gasteiger partial charge in [-0.05, 0) is 61.1 Å². The Morgan fingerprint density at radius 3 is 2.83 bits per heavy atom. The van der Waals surface area contributed by atoms with Crippen molar-refractivity contribution in [2.24, 2.45) is 5.92 Å². The van der Waals surface area contributed by atoms with E-state index in [4.69, 9.17) is 17.3 Å². The molecule has 1 saturated carbocycles. The third-order valence-electron chi connectivity index (χ3n) is 6.27. The maximum absolute atomic E-state index is 10.7. The molecule has 3 heterocycles. The fourth-order valence-corrected chi connectivity index (χ4v) is 4.79. The van der Waals surface area contributed by atoms with Crippen LogP contribution in [0.2, 0.25) is 5.02 Å². The number of hydrogen-bond donors (Lipinski definition) is 3. The van der Waals surface area contributed by atoms with Gasteiger partial charge in [0, 0.05) is 23.2 Å². The van der Waals surface area contributed by atoms with Gasteiger partial charge in [0.2, 0.25) is 0 Å². The van der Waals surface area contributed by atoms with Gasteiger partial charge in [0.15, 0.2) is 0 Å². The molecule has 0 bridgehead atoms. The Morgan fingerprint density at radius 1 is 1.10 bits per heavy atom. The van der Waals surface area contributed by atoms with E-state index in [1.54, 1.807) is 6.20 Å². The molecule has 1 aromatic carbocycles. The molecule has 0 amide bonds. The number of fused-ring (bicyclic) bond motifs is 2. The zero-order valence-electron chi connectivity index (χ0n) is 16.3. The van der Waals surface area contributed by atoms with Crippen molar-refractivity contribution in [3.63, 3.8) is 0 Å². The molecule has 30 heavy (non-hydrogen) atoms. The molecular formula is C23H23ClN4O2. The van der Waals surface area contributed by atoms with E-state index in [0.717, 1.165) is 40.3 Å². The number of aliphatic hydroxyl groups is 2. The van der Waals surface area contributed by atoms with Crippen LogP contribution < -0.4 is 5.73 Å². The Hall–Kier alpha value is -2.67. The summed E-state index contributed by atoms with van der Waals surface area (Å²) in [6.45, 7) is 0. The standard InChI is InChI=1S/C23H23ClN4O2/c24-17-11-15-5-3-13(10-18(15)27-22(17)25)4-6-16-12-19(21(30)20(16)29)28-9-7-14-2-1-8-26-23(14)28/h1-3,5,7-11,16,19-21,29-30H,4,6,12H2,(H2,25,27)/t16-,19+,20+,21-/m0/s1. The van der Waals surface area contributed by atoms with Crippen LogP contribution in [-0.4, -0.2) is 37.0 Å². The number of rotatable bonds is 4. The predicted molar refractivity (Wildman–Crippen MR) is 118 cm³/mol. The summed E-state index contributed by atoms with van der Waals surface area (Å²) < 4.78 is 2.00. The molecule has 3 aromatic heterocycles. The summed E-state index contributed by atoms with van der Waals surface area (Å²) in [5, 5.41) is 23.8. The minimum atomic E-state index is -0.812. The molecule has 1 aliphatic carbocycles. The van der Waals surface area contributed by atoms with E-state index < -0.39 is 12.2 Å². The molecule has 6 nitrogen and oxygen atoms in total. The SMILES string of the molecule is Nc1nc2cc(CC[C@H]3C[C@@H](n4ccc5cccnc54)[C@H](O)[C@@H]3O)ccc2cc1Cl. The van der Waals surface area contributed by atoms with Crippen molar-refractivity contribution in [2.45, 2.75) is 37.5 Å². The number of benzene rings is 1. The first kappa shape index (κ1) is 19.3. The summed E-state index contributed by atoms with van der Waals surface area (Å²) in [5.41, 5.74) is 8.60. The Balaban J connectivity index is 1.33. The van der Waals surface area contributed by atoms with E-state index in [2.05, 4.69) is 16.0 Å². The van der Waals surface area contributed by atoms with Gasteiger partial charge in [0.25, 0.3) is 0 Å². The van der Waals surface area contributed by atoms with Gasteiger partial charge in [-0.1, -0.05) is 23.7 Å². The third-order valence-corrected chi connectivity index (χ3v) is 6.57. The van der Waals surface area contributed by atoms with Crippen LogP contribution in [-0.2, 0) is 6.42 Å². The van der Waals surface area contributed by atoms with E-state index in [9.17, 15) is 10.2 Å². The van der Waals surface area contributed by atoms with Crippen LogP contribution in [0.1, 0.15) is 24.4 Å². The molecule has 1 fully saturated rings. The minimum Gasteiger partial charge on any atom is -0.390 e. The molecule has 0 unspecified atom stereocenters. The lowest BCUT2D eigenvalue weighted by molar-refractivity contribution is 0.00545. The van der Waals surface area contributed by atoms with E-state index in [0.29, 0.717) is 17.3 Å². The average molecular weight is 423 g/mol. The number of anilines is 1. The summed E-state index contributed by atoms with van der Waals surface area (Å²) in [5.74, 6) is 0.330. The zero-order valence-corrected chi connectivity index (χ0v) is 17.1. The van der Waals surface area contributed by atoms with Crippen molar-refractivity contribution in [1.82, 2.24) is 14.5 Å². The summed E-state index contributed by atoms with van der Waals surface area (Å²) in [6.07, 6.45) is 4.39. The van der Waals surface area contributed by atoms with E-state index in [-0.39, 0.29) is 12.0 Å². The Bertz CT molecular complexity index is 1220. The fourth-order valence-electron chi connectivity index (χ4n) is 4.63. The minimum absolute atomic E-state index is 0.00473. The van der Waals surface area contributed by atoms with Crippen molar-refractivity contribution in [3.8, 4) is 0 Å². The number of nitrogens with two attached hydrogens (primary N) is 1. The summed E-state index contributed by atoms with van der Waals surface area (Å²) in [6, 6.07) is 13.6. The molecule has 4 N–H and O–H groups in total. The molecule has 0 radical (unpaired) electrons. The zero-order chi connectivity index (χ0) is 20.8. The normalized spacial score (nSPS) is 24.1. The first-order valence-corrected chi connectivity index (χ1v) is 10.5. The van der Waals surface area contributed by atoms with Gasteiger partial charge in [-0.3, -0.25) is 0 Å². The molecule has 7 heteroatoms. The van der Waals surface area contributed by atoms with Gasteiger partial charge in [0.05, 0.1) is 22.7 Å².